The van der Waals surface area contributed by atoms with Gasteiger partial charge >= 0.3 is 6.03 Å². The van der Waals surface area contributed by atoms with Gasteiger partial charge in [-0.25, -0.2) is 4.79 Å². The predicted molar refractivity (Wildman–Crippen MR) is 109 cm³/mol. The molecule has 1 aromatic heterocycles. The zero-order chi connectivity index (χ0) is 19.2. The second-order valence-corrected chi connectivity index (χ2v) is 7.26. The number of likely N-dealkylation sites (N-methyl/N-ethyl adjacent to an activating group) is 1. The van der Waals surface area contributed by atoms with Gasteiger partial charge in [-0.1, -0.05) is 29.8 Å². The molecule has 0 radical (unpaired) electrons. The standard InChI is InChI=1S/C21H29N5O/c1-17-6-4-7-18(14-17)20(24(2)3)16-23-21(27)26-12-10-25(11-13-26)19-8-5-9-22-15-19/h4-9,14-15,20H,10-13,16H2,1-3H3,(H,23,27)/t20-/m1/s1. The maximum atomic E-state index is 12.6. The SMILES string of the molecule is Cc1cccc([C@@H](CNC(=O)N2CCN(c3cccnc3)CC2)N(C)C)c1. The van der Waals surface area contributed by atoms with Crippen LogP contribution in [0.1, 0.15) is 17.2 Å². The average molecular weight is 367 g/mol. The molecule has 6 nitrogen and oxygen atoms in total. The van der Waals surface area contributed by atoms with E-state index in [1.165, 1.54) is 11.1 Å². The smallest absolute Gasteiger partial charge is 0.317 e. The predicted octanol–water partition coefficient (Wildman–Crippen LogP) is 2.52. The van der Waals surface area contributed by atoms with E-state index >= 15 is 0 Å². The van der Waals surface area contributed by atoms with E-state index in [-0.39, 0.29) is 12.1 Å². The third-order valence-corrected chi connectivity index (χ3v) is 5.07. The molecule has 2 amide bonds. The van der Waals surface area contributed by atoms with Crippen LogP contribution >= 0.6 is 0 Å². The lowest BCUT2D eigenvalue weighted by Crippen LogP contribution is -2.52. The minimum atomic E-state index is 0.0142. The molecule has 0 spiro atoms. The number of hydrogen-bond donors (Lipinski definition) is 1. The highest BCUT2D eigenvalue weighted by atomic mass is 16.2. The van der Waals surface area contributed by atoms with Gasteiger partial charge in [-0.3, -0.25) is 4.98 Å². The third-order valence-electron chi connectivity index (χ3n) is 5.07. The van der Waals surface area contributed by atoms with Crippen molar-refractivity contribution in [2.24, 2.45) is 0 Å². The van der Waals surface area contributed by atoms with Gasteiger partial charge in [-0.15, -0.1) is 0 Å². The molecule has 1 aliphatic heterocycles. The molecule has 0 saturated carbocycles. The van der Waals surface area contributed by atoms with Crippen molar-refractivity contribution in [1.82, 2.24) is 20.1 Å². The summed E-state index contributed by atoms with van der Waals surface area (Å²) >= 11 is 0. The lowest BCUT2D eigenvalue weighted by Gasteiger charge is -2.36. The Morgan fingerprint density at radius 3 is 2.59 bits per heavy atom. The zero-order valence-electron chi connectivity index (χ0n) is 16.4. The molecule has 0 aliphatic carbocycles. The largest absolute Gasteiger partial charge is 0.367 e. The highest BCUT2D eigenvalue weighted by molar-refractivity contribution is 5.74. The number of urea groups is 1. The van der Waals surface area contributed by atoms with Gasteiger partial charge in [0.15, 0.2) is 0 Å². The normalized spacial score (nSPS) is 15.7. The fraction of sp³-hybridized carbons (Fsp3) is 0.429. The molecule has 0 bridgehead atoms. The van der Waals surface area contributed by atoms with Crippen molar-refractivity contribution in [1.29, 1.82) is 0 Å². The highest BCUT2D eigenvalue weighted by Crippen LogP contribution is 2.19. The Morgan fingerprint density at radius 2 is 1.96 bits per heavy atom. The molecule has 27 heavy (non-hydrogen) atoms. The molecule has 1 aliphatic rings. The van der Waals surface area contributed by atoms with E-state index in [1.54, 1.807) is 6.20 Å². The van der Waals surface area contributed by atoms with E-state index in [9.17, 15) is 4.79 Å². The van der Waals surface area contributed by atoms with Crippen LogP contribution < -0.4 is 10.2 Å². The molecule has 3 rings (SSSR count). The molecule has 1 saturated heterocycles. The van der Waals surface area contributed by atoms with Crippen LogP contribution in [0.5, 0.6) is 0 Å². The summed E-state index contributed by atoms with van der Waals surface area (Å²) < 4.78 is 0. The number of piperazine rings is 1. The Balaban J connectivity index is 1.53. The quantitative estimate of drug-likeness (QED) is 0.882. The van der Waals surface area contributed by atoms with Crippen LogP contribution in [0.4, 0.5) is 10.5 Å². The second kappa shape index (κ2) is 8.86. The van der Waals surface area contributed by atoms with E-state index in [0.29, 0.717) is 6.54 Å². The summed E-state index contributed by atoms with van der Waals surface area (Å²) in [7, 11) is 4.09. The third kappa shape index (κ3) is 4.98. The number of rotatable bonds is 5. The number of aryl methyl sites for hydroxylation is 1. The molecule has 1 fully saturated rings. The number of carbonyl (C=O) groups is 1. The molecular formula is C21H29N5O. The molecule has 1 aromatic carbocycles. The van der Waals surface area contributed by atoms with Gasteiger partial charge < -0.3 is 20.0 Å². The monoisotopic (exact) mass is 367 g/mol. The van der Waals surface area contributed by atoms with E-state index in [2.05, 4.69) is 57.4 Å². The van der Waals surface area contributed by atoms with Crippen LogP contribution in [0.25, 0.3) is 0 Å². The zero-order valence-corrected chi connectivity index (χ0v) is 16.4. The van der Waals surface area contributed by atoms with Gasteiger partial charge in [-0.2, -0.15) is 0 Å². The summed E-state index contributed by atoms with van der Waals surface area (Å²) in [6, 6.07) is 12.6. The van der Waals surface area contributed by atoms with Crippen LogP contribution in [0.15, 0.2) is 48.8 Å². The Kier molecular flexibility index (Phi) is 6.29. The van der Waals surface area contributed by atoms with Crippen molar-refractivity contribution in [2.45, 2.75) is 13.0 Å². The first-order chi connectivity index (χ1) is 13.0. The van der Waals surface area contributed by atoms with Gasteiger partial charge in [0.2, 0.25) is 0 Å². The molecule has 6 heteroatoms. The second-order valence-electron chi connectivity index (χ2n) is 7.26. The Hall–Kier alpha value is -2.60. The van der Waals surface area contributed by atoms with Gasteiger partial charge in [0.05, 0.1) is 17.9 Å². The summed E-state index contributed by atoms with van der Waals surface area (Å²) in [5, 5.41) is 3.12. The molecule has 2 aromatic rings. The number of amides is 2. The molecule has 1 N–H and O–H groups in total. The fourth-order valence-corrected chi connectivity index (χ4v) is 3.48. The van der Waals surface area contributed by atoms with Crippen LogP contribution in [-0.2, 0) is 0 Å². The molecule has 0 unspecified atom stereocenters. The van der Waals surface area contributed by atoms with Crippen molar-refractivity contribution in [2.75, 3.05) is 51.7 Å². The van der Waals surface area contributed by atoms with E-state index in [4.69, 9.17) is 0 Å². The molecule has 1 atom stereocenters. The van der Waals surface area contributed by atoms with Crippen LogP contribution in [-0.4, -0.2) is 67.6 Å². The Bertz CT molecular complexity index is 741. The van der Waals surface area contributed by atoms with Crippen LogP contribution in [0.3, 0.4) is 0 Å². The van der Waals surface area contributed by atoms with Gasteiger partial charge in [0.25, 0.3) is 0 Å². The maximum Gasteiger partial charge on any atom is 0.317 e. The van der Waals surface area contributed by atoms with Crippen LogP contribution in [0, 0.1) is 6.92 Å². The first-order valence-electron chi connectivity index (χ1n) is 9.45. The topological polar surface area (TPSA) is 51.7 Å². The number of benzene rings is 1. The summed E-state index contributed by atoms with van der Waals surface area (Å²) in [6.45, 7) is 5.78. The maximum absolute atomic E-state index is 12.6. The number of anilines is 1. The van der Waals surface area contributed by atoms with E-state index in [1.807, 2.05) is 31.3 Å². The van der Waals surface area contributed by atoms with Crippen molar-refractivity contribution in [3.63, 3.8) is 0 Å². The van der Waals surface area contributed by atoms with E-state index < -0.39 is 0 Å². The summed E-state index contributed by atoms with van der Waals surface area (Å²) in [6.07, 6.45) is 3.65. The summed E-state index contributed by atoms with van der Waals surface area (Å²) in [5.41, 5.74) is 3.57. The number of aromatic nitrogens is 1. The number of nitrogens with one attached hydrogen (secondary N) is 1. The minimum absolute atomic E-state index is 0.0142. The number of nitrogens with zero attached hydrogens (tertiary/aromatic N) is 4. The van der Waals surface area contributed by atoms with Crippen molar-refractivity contribution >= 4 is 11.7 Å². The lowest BCUT2D eigenvalue weighted by atomic mass is 10.0. The number of pyridine rings is 1. The van der Waals surface area contributed by atoms with Gasteiger partial charge in [0.1, 0.15) is 0 Å². The summed E-state index contributed by atoms with van der Waals surface area (Å²) in [4.78, 5) is 23.1. The van der Waals surface area contributed by atoms with Crippen molar-refractivity contribution < 1.29 is 4.79 Å². The average Bonchev–Trinajstić information content (AvgIpc) is 2.68. The van der Waals surface area contributed by atoms with Gasteiger partial charge in [0, 0.05) is 38.9 Å². The molecule has 144 valence electrons. The lowest BCUT2D eigenvalue weighted by molar-refractivity contribution is 0.189. The number of carbonyl (C=O) groups excluding carboxylic acids is 1. The molecular weight excluding hydrogens is 338 g/mol. The first kappa shape index (κ1) is 19.2. The van der Waals surface area contributed by atoms with Crippen molar-refractivity contribution in [3.05, 3.63) is 59.9 Å². The Labute approximate surface area is 161 Å². The molecule has 2 heterocycles. The fourth-order valence-electron chi connectivity index (χ4n) is 3.48. The first-order valence-corrected chi connectivity index (χ1v) is 9.45. The Morgan fingerprint density at radius 1 is 1.19 bits per heavy atom. The summed E-state index contributed by atoms with van der Waals surface area (Å²) in [5.74, 6) is 0. The van der Waals surface area contributed by atoms with E-state index in [0.717, 1.165) is 31.9 Å². The highest BCUT2D eigenvalue weighted by Gasteiger charge is 2.22. The van der Waals surface area contributed by atoms with Crippen LogP contribution in [0.2, 0.25) is 0 Å². The number of hydrogen-bond acceptors (Lipinski definition) is 4. The minimum Gasteiger partial charge on any atom is -0.367 e. The van der Waals surface area contributed by atoms with Gasteiger partial charge in [-0.05, 0) is 38.7 Å². The van der Waals surface area contributed by atoms with Crippen molar-refractivity contribution in [3.8, 4) is 0 Å².